The van der Waals surface area contributed by atoms with E-state index in [0.29, 0.717) is 17.1 Å². The predicted molar refractivity (Wildman–Crippen MR) is 178 cm³/mol. The van der Waals surface area contributed by atoms with E-state index in [1.807, 2.05) is 0 Å². The van der Waals surface area contributed by atoms with Crippen LogP contribution in [0.4, 0.5) is 18.9 Å². The van der Waals surface area contributed by atoms with Gasteiger partial charge in [-0.05, 0) is 36.2 Å². The Labute approximate surface area is 291 Å². The molecule has 0 saturated carbocycles. The van der Waals surface area contributed by atoms with Crippen molar-refractivity contribution < 1.29 is 51.4 Å². The van der Waals surface area contributed by atoms with Crippen molar-refractivity contribution in [2.75, 3.05) is 40.7 Å². The number of rotatable bonds is 14. The number of alkyl halides is 3. The van der Waals surface area contributed by atoms with E-state index < -0.39 is 47.0 Å². The van der Waals surface area contributed by atoms with Crippen molar-refractivity contribution in [3.8, 4) is 11.5 Å². The zero-order valence-electron chi connectivity index (χ0n) is 28.3. The van der Waals surface area contributed by atoms with Crippen molar-refractivity contribution in [1.82, 2.24) is 9.47 Å². The molecule has 3 aromatic carbocycles. The highest BCUT2D eigenvalue weighted by atomic mass is 19.4. The molecule has 4 aromatic rings. The van der Waals surface area contributed by atoms with E-state index in [1.54, 1.807) is 55.5 Å². The first-order valence-electron chi connectivity index (χ1n) is 16.2. The molecular weight excluding hydrogens is 675 g/mol. The lowest BCUT2D eigenvalue weighted by molar-refractivity contribution is -0.384. The van der Waals surface area contributed by atoms with E-state index in [-0.39, 0.29) is 62.1 Å². The van der Waals surface area contributed by atoms with Crippen LogP contribution in [0.1, 0.15) is 36.5 Å². The lowest BCUT2D eigenvalue weighted by Crippen LogP contribution is -2.59. The first kappa shape index (κ1) is 37.1. The standard InChI is InChI=1S/C36H38F3N3O9/c1-4-49-33(43)19-25-10-13-31(32(18-25)48-3)51-27-14-16-40(17-15-27)34(44)35(36(37,38)39,50-23-47-2)29-22-41(21-24-8-6-5-7-9-24)30-20-26(42(45)46)11-12-28(29)30/h5-13,18,20,22,27H,4,14-17,19,21,23H2,1-3H3. The molecule has 0 spiro atoms. The number of hydrogen-bond acceptors (Lipinski definition) is 9. The Morgan fingerprint density at radius 1 is 0.961 bits per heavy atom. The van der Waals surface area contributed by atoms with E-state index in [9.17, 15) is 19.7 Å². The van der Waals surface area contributed by atoms with Crippen LogP contribution in [0.2, 0.25) is 0 Å². The number of benzene rings is 3. The zero-order valence-corrected chi connectivity index (χ0v) is 28.3. The largest absolute Gasteiger partial charge is 0.493 e. The third kappa shape index (κ3) is 7.94. The number of carbonyl (C=O) groups is 2. The van der Waals surface area contributed by atoms with Gasteiger partial charge < -0.3 is 33.2 Å². The summed E-state index contributed by atoms with van der Waals surface area (Å²) in [7, 11) is 2.59. The number of aromatic nitrogens is 1. The molecular formula is C36H38F3N3O9. The van der Waals surface area contributed by atoms with Gasteiger partial charge in [0.2, 0.25) is 0 Å². The maximum Gasteiger partial charge on any atom is 0.431 e. The van der Waals surface area contributed by atoms with Crippen LogP contribution >= 0.6 is 0 Å². The van der Waals surface area contributed by atoms with Gasteiger partial charge in [0, 0.05) is 68.9 Å². The van der Waals surface area contributed by atoms with Crippen LogP contribution in [0, 0.1) is 10.1 Å². The molecule has 2 heterocycles. The minimum Gasteiger partial charge on any atom is -0.493 e. The third-order valence-corrected chi connectivity index (χ3v) is 8.65. The SMILES string of the molecule is CCOC(=O)Cc1ccc(OC2CCN(C(=O)C(OCOC)(c3cn(Cc4ccccc4)c4cc([N+](=O)[O-])ccc34)C(F)(F)F)CC2)c(OC)c1. The zero-order chi connectivity index (χ0) is 36.8. The minimum atomic E-state index is -5.28. The molecule has 15 heteroatoms. The summed E-state index contributed by atoms with van der Waals surface area (Å²) in [5, 5.41) is 11.6. The number of methoxy groups -OCH3 is 2. The van der Waals surface area contributed by atoms with Gasteiger partial charge in [0.25, 0.3) is 17.2 Å². The Morgan fingerprint density at radius 2 is 1.69 bits per heavy atom. The maximum atomic E-state index is 15.6. The van der Waals surface area contributed by atoms with Crippen molar-refractivity contribution >= 4 is 28.5 Å². The van der Waals surface area contributed by atoms with Gasteiger partial charge in [-0.2, -0.15) is 13.2 Å². The van der Waals surface area contributed by atoms with Crippen molar-refractivity contribution in [1.29, 1.82) is 0 Å². The molecule has 0 radical (unpaired) electrons. The average molecular weight is 714 g/mol. The first-order chi connectivity index (χ1) is 24.4. The summed E-state index contributed by atoms with van der Waals surface area (Å²) < 4.78 is 75.1. The van der Waals surface area contributed by atoms with Crippen LogP contribution < -0.4 is 9.47 Å². The molecule has 272 valence electrons. The second kappa shape index (κ2) is 15.8. The number of nitrogens with zero attached hydrogens (tertiary/aromatic N) is 3. The number of nitro groups is 1. The van der Waals surface area contributed by atoms with E-state index in [1.165, 1.54) is 30.0 Å². The topological polar surface area (TPSA) is 132 Å². The van der Waals surface area contributed by atoms with E-state index in [4.69, 9.17) is 23.7 Å². The lowest BCUT2D eigenvalue weighted by Gasteiger charge is -2.40. The lowest BCUT2D eigenvalue weighted by atomic mass is 9.89. The smallest absolute Gasteiger partial charge is 0.431 e. The predicted octanol–water partition coefficient (Wildman–Crippen LogP) is 6.16. The number of esters is 1. The first-order valence-corrected chi connectivity index (χ1v) is 16.2. The second-order valence-corrected chi connectivity index (χ2v) is 11.9. The van der Waals surface area contributed by atoms with Crippen molar-refractivity contribution in [3.05, 3.63) is 99.7 Å². The van der Waals surface area contributed by atoms with Gasteiger partial charge in [0.05, 0.1) is 30.6 Å². The number of amides is 1. The summed E-state index contributed by atoms with van der Waals surface area (Å²) in [6.07, 6.45) is -4.14. The molecule has 0 N–H and O–H groups in total. The average Bonchev–Trinajstić information content (AvgIpc) is 3.46. The van der Waals surface area contributed by atoms with Crippen LogP contribution in [0.3, 0.4) is 0 Å². The summed E-state index contributed by atoms with van der Waals surface area (Å²) in [4.78, 5) is 38.3. The molecule has 1 aliphatic heterocycles. The number of piperidine rings is 1. The Hall–Kier alpha value is -5.15. The molecule has 0 aliphatic carbocycles. The van der Waals surface area contributed by atoms with E-state index in [2.05, 4.69) is 0 Å². The number of ether oxygens (including phenoxy) is 5. The molecule has 12 nitrogen and oxygen atoms in total. The van der Waals surface area contributed by atoms with Crippen LogP contribution in [0.25, 0.3) is 10.9 Å². The number of likely N-dealkylation sites (tertiary alicyclic amines) is 1. The second-order valence-electron chi connectivity index (χ2n) is 11.9. The molecule has 1 amide bonds. The minimum absolute atomic E-state index is 0.0324. The maximum absolute atomic E-state index is 15.6. The summed E-state index contributed by atoms with van der Waals surface area (Å²) in [6.45, 7) is 0.995. The Balaban J connectivity index is 1.45. The quantitative estimate of drug-likeness (QED) is 0.0653. The fourth-order valence-electron chi connectivity index (χ4n) is 6.22. The van der Waals surface area contributed by atoms with Gasteiger partial charge in [0.1, 0.15) is 12.9 Å². The fraction of sp³-hybridized carbons (Fsp3) is 0.389. The number of carbonyl (C=O) groups excluding carboxylic acids is 2. The van der Waals surface area contributed by atoms with Crippen LogP contribution in [0.5, 0.6) is 11.5 Å². The number of hydrogen-bond donors (Lipinski definition) is 0. The van der Waals surface area contributed by atoms with Crippen molar-refractivity contribution in [2.45, 2.75) is 50.6 Å². The molecule has 5 rings (SSSR count). The third-order valence-electron chi connectivity index (χ3n) is 8.65. The van der Waals surface area contributed by atoms with Crippen LogP contribution in [-0.4, -0.2) is 79.3 Å². The summed E-state index contributed by atoms with van der Waals surface area (Å²) in [5.74, 6) is -0.991. The summed E-state index contributed by atoms with van der Waals surface area (Å²) in [5.41, 5.74) is -2.84. The molecule has 1 atom stereocenters. The van der Waals surface area contributed by atoms with E-state index in [0.717, 1.165) is 23.6 Å². The van der Waals surface area contributed by atoms with Gasteiger partial charge in [-0.25, -0.2) is 0 Å². The van der Waals surface area contributed by atoms with Crippen LogP contribution in [0.15, 0.2) is 72.9 Å². The van der Waals surface area contributed by atoms with Gasteiger partial charge >= 0.3 is 12.1 Å². The summed E-state index contributed by atoms with van der Waals surface area (Å²) >= 11 is 0. The number of nitro benzene ring substituents is 1. The monoisotopic (exact) mass is 713 g/mol. The van der Waals surface area contributed by atoms with Crippen molar-refractivity contribution in [3.63, 3.8) is 0 Å². The molecule has 1 aromatic heterocycles. The molecule has 51 heavy (non-hydrogen) atoms. The van der Waals surface area contributed by atoms with Gasteiger partial charge in [-0.3, -0.25) is 19.7 Å². The fourth-order valence-corrected chi connectivity index (χ4v) is 6.22. The van der Waals surface area contributed by atoms with Crippen LogP contribution in [-0.2, 0) is 42.4 Å². The van der Waals surface area contributed by atoms with Gasteiger partial charge in [-0.1, -0.05) is 36.4 Å². The Bertz CT molecular complexity index is 1860. The molecule has 1 fully saturated rings. The Kier molecular flexibility index (Phi) is 11.5. The number of halogens is 3. The normalized spacial score (nSPS) is 15.0. The highest BCUT2D eigenvalue weighted by Crippen LogP contribution is 2.48. The summed E-state index contributed by atoms with van der Waals surface area (Å²) in [6, 6.07) is 17.3. The molecule has 0 bridgehead atoms. The van der Waals surface area contributed by atoms with Crippen molar-refractivity contribution in [2.24, 2.45) is 0 Å². The number of fused-ring (bicyclic) bond motifs is 1. The Morgan fingerprint density at radius 3 is 2.31 bits per heavy atom. The highest BCUT2D eigenvalue weighted by Gasteiger charge is 2.65. The van der Waals surface area contributed by atoms with Gasteiger partial charge in [0.15, 0.2) is 11.5 Å². The molecule has 1 aliphatic rings. The van der Waals surface area contributed by atoms with E-state index >= 15 is 13.2 Å². The number of non-ortho nitro benzene ring substituents is 1. The van der Waals surface area contributed by atoms with Gasteiger partial charge in [-0.15, -0.1) is 0 Å². The molecule has 1 unspecified atom stereocenters. The highest BCUT2D eigenvalue weighted by molar-refractivity contribution is 5.96. The molecule has 1 saturated heterocycles.